The van der Waals surface area contributed by atoms with Gasteiger partial charge in [-0.1, -0.05) is 31.6 Å². The molecule has 0 saturated carbocycles. The maximum absolute atomic E-state index is 12.4. The van der Waals surface area contributed by atoms with Gasteiger partial charge in [0.2, 0.25) is 5.91 Å². The van der Waals surface area contributed by atoms with Crippen molar-refractivity contribution in [3.05, 3.63) is 16.9 Å². The lowest BCUT2D eigenvalue weighted by molar-refractivity contribution is -0.118. The van der Waals surface area contributed by atoms with Crippen molar-refractivity contribution in [2.45, 2.75) is 40.2 Å². The molecule has 3 heterocycles. The highest BCUT2D eigenvalue weighted by Crippen LogP contribution is 2.35. The first-order valence-corrected chi connectivity index (χ1v) is 8.90. The van der Waals surface area contributed by atoms with Crippen LogP contribution in [0.25, 0.3) is 0 Å². The number of aromatic nitrogens is 3. The molecular formula is C16H20N6O2S. The third-order valence-corrected chi connectivity index (χ3v) is 5.40. The normalized spacial score (nSPS) is 17.3. The number of fused-ring (bicyclic) bond motifs is 1. The monoisotopic (exact) mass is 360 g/mol. The molecule has 2 unspecified atom stereocenters. The van der Waals surface area contributed by atoms with Crippen LogP contribution in [0.2, 0.25) is 0 Å². The lowest BCUT2D eigenvalue weighted by Crippen LogP contribution is -2.43. The van der Waals surface area contributed by atoms with Gasteiger partial charge in [0.25, 0.3) is 0 Å². The van der Waals surface area contributed by atoms with Crippen LogP contribution >= 0.6 is 11.3 Å². The van der Waals surface area contributed by atoms with Crippen LogP contribution in [-0.2, 0) is 4.79 Å². The molecule has 3 rings (SSSR count). The van der Waals surface area contributed by atoms with Gasteiger partial charge in [-0.3, -0.25) is 9.59 Å². The Morgan fingerprint density at radius 3 is 2.84 bits per heavy atom. The summed E-state index contributed by atoms with van der Waals surface area (Å²) in [5.74, 6) is 1.05. The molecule has 0 aromatic carbocycles. The van der Waals surface area contributed by atoms with Crippen LogP contribution in [0.15, 0.2) is 6.33 Å². The number of anilines is 4. The zero-order valence-electron chi connectivity index (χ0n) is 14.5. The molecule has 2 aromatic rings. The first kappa shape index (κ1) is 17.3. The third-order valence-electron chi connectivity index (χ3n) is 4.22. The van der Waals surface area contributed by atoms with Crippen molar-refractivity contribution in [3.8, 4) is 0 Å². The summed E-state index contributed by atoms with van der Waals surface area (Å²) in [7, 11) is 0. The summed E-state index contributed by atoms with van der Waals surface area (Å²) in [4.78, 5) is 37.4. The van der Waals surface area contributed by atoms with Crippen LogP contribution in [0.4, 0.5) is 22.5 Å². The molecule has 9 heteroatoms. The second-order valence-corrected chi connectivity index (χ2v) is 7.06. The van der Waals surface area contributed by atoms with Crippen molar-refractivity contribution in [2.75, 3.05) is 16.0 Å². The fraction of sp³-hybridized carbons (Fsp3) is 0.438. The first-order chi connectivity index (χ1) is 11.9. The van der Waals surface area contributed by atoms with E-state index in [0.29, 0.717) is 33.0 Å². The van der Waals surface area contributed by atoms with Gasteiger partial charge in [0.1, 0.15) is 18.1 Å². The Hall–Kier alpha value is -2.55. The van der Waals surface area contributed by atoms with E-state index in [0.717, 1.165) is 6.42 Å². The SMILES string of the molecule is CCC(C)C1Nc2ncnc(Nc3nc(C)c(C(C)=O)s3)c2NC1=O. The van der Waals surface area contributed by atoms with Crippen LogP contribution in [0, 0.1) is 12.8 Å². The summed E-state index contributed by atoms with van der Waals surface area (Å²) >= 11 is 1.26. The number of hydrogen-bond donors (Lipinski definition) is 3. The Bertz CT molecular complexity index is 834. The molecular weight excluding hydrogens is 340 g/mol. The molecule has 0 bridgehead atoms. The van der Waals surface area contributed by atoms with E-state index in [2.05, 4.69) is 30.9 Å². The minimum Gasteiger partial charge on any atom is -0.356 e. The number of hydrogen-bond acceptors (Lipinski definition) is 8. The zero-order valence-corrected chi connectivity index (χ0v) is 15.3. The van der Waals surface area contributed by atoms with Crippen molar-refractivity contribution in [1.29, 1.82) is 0 Å². The number of thiazole rings is 1. The largest absolute Gasteiger partial charge is 0.356 e. The number of carbonyl (C=O) groups is 2. The number of amides is 1. The summed E-state index contributed by atoms with van der Waals surface area (Å²) in [6, 6.07) is -0.327. The Labute approximate surface area is 149 Å². The highest BCUT2D eigenvalue weighted by molar-refractivity contribution is 7.17. The maximum atomic E-state index is 12.4. The smallest absolute Gasteiger partial charge is 0.247 e. The van der Waals surface area contributed by atoms with E-state index in [1.165, 1.54) is 24.6 Å². The molecule has 0 spiro atoms. The van der Waals surface area contributed by atoms with Gasteiger partial charge in [0.05, 0.1) is 10.6 Å². The van der Waals surface area contributed by atoms with Gasteiger partial charge >= 0.3 is 0 Å². The molecule has 2 aromatic heterocycles. The predicted octanol–water partition coefficient (Wildman–Crippen LogP) is 2.97. The summed E-state index contributed by atoms with van der Waals surface area (Å²) in [6.07, 6.45) is 2.30. The standard InChI is InChI=1S/C16H20N6O2S/c1-5-7(2)10-15(24)21-11-13(20-10)17-6-18-14(11)22-16-19-8(3)12(25-16)9(4)23/h6-7,10H,5H2,1-4H3,(H,21,24)(H2,17,18,19,20,22). The topological polar surface area (TPSA) is 109 Å². The summed E-state index contributed by atoms with van der Waals surface area (Å²) in [6.45, 7) is 7.35. The molecule has 132 valence electrons. The lowest BCUT2D eigenvalue weighted by Gasteiger charge is -2.30. The third kappa shape index (κ3) is 3.32. The van der Waals surface area contributed by atoms with Crippen molar-refractivity contribution in [1.82, 2.24) is 15.0 Å². The van der Waals surface area contributed by atoms with Gasteiger partial charge in [0, 0.05) is 6.92 Å². The Morgan fingerprint density at radius 2 is 2.20 bits per heavy atom. The van der Waals surface area contributed by atoms with Gasteiger partial charge in [-0.25, -0.2) is 15.0 Å². The molecule has 1 amide bonds. The van der Waals surface area contributed by atoms with Crippen LogP contribution in [0.5, 0.6) is 0 Å². The Morgan fingerprint density at radius 1 is 1.44 bits per heavy atom. The van der Waals surface area contributed by atoms with Crippen molar-refractivity contribution in [2.24, 2.45) is 5.92 Å². The number of aryl methyl sites for hydroxylation is 1. The predicted molar refractivity (Wildman–Crippen MR) is 97.7 cm³/mol. The van der Waals surface area contributed by atoms with E-state index in [-0.39, 0.29) is 23.7 Å². The fourth-order valence-corrected chi connectivity index (χ4v) is 3.50. The van der Waals surface area contributed by atoms with E-state index < -0.39 is 0 Å². The van der Waals surface area contributed by atoms with Crippen LogP contribution < -0.4 is 16.0 Å². The molecule has 8 nitrogen and oxygen atoms in total. The minimum atomic E-state index is -0.327. The van der Waals surface area contributed by atoms with E-state index in [9.17, 15) is 9.59 Å². The van der Waals surface area contributed by atoms with E-state index >= 15 is 0 Å². The zero-order chi connectivity index (χ0) is 18.1. The number of nitrogens with one attached hydrogen (secondary N) is 3. The summed E-state index contributed by atoms with van der Waals surface area (Å²) in [5, 5.41) is 9.68. The second kappa shape index (κ2) is 6.75. The number of rotatable bonds is 5. The highest BCUT2D eigenvalue weighted by atomic mass is 32.1. The minimum absolute atomic E-state index is 0.0286. The van der Waals surface area contributed by atoms with Gasteiger partial charge in [-0.15, -0.1) is 0 Å². The molecule has 1 aliphatic rings. The van der Waals surface area contributed by atoms with Gasteiger partial charge in [0.15, 0.2) is 22.6 Å². The fourth-order valence-electron chi connectivity index (χ4n) is 2.64. The van der Waals surface area contributed by atoms with Gasteiger partial charge < -0.3 is 16.0 Å². The highest BCUT2D eigenvalue weighted by Gasteiger charge is 2.32. The number of nitrogens with zero attached hydrogens (tertiary/aromatic N) is 3. The lowest BCUT2D eigenvalue weighted by atomic mass is 9.97. The van der Waals surface area contributed by atoms with Crippen LogP contribution in [0.3, 0.4) is 0 Å². The number of Topliss-reactive ketones (excluding diaryl/α,β-unsaturated/α-hetero) is 1. The molecule has 25 heavy (non-hydrogen) atoms. The Kier molecular flexibility index (Phi) is 4.67. The van der Waals surface area contributed by atoms with Crippen LogP contribution in [-0.4, -0.2) is 32.7 Å². The molecule has 0 aliphatic carbocycles. The average Bonchev–Trinajstić information content (AvgIpc) is 2.95. The average molecular weight is 360 g/mol. The maximum Gasteiger partial charge on any atom is 0.247 e. The van der Waals surface area contributed by atoms with E-state index in [4.69, 9.17) is 0 Å². The summed E-state index contributed by atoms with van der Waals surface area (Å²) < 4.78 is 0. The summed E-state index contributed by atoms with van der Waals surface area (Å²) in [5.41, 5.74) is 1.16. The molecule has 3 N–H and O–H groups in total. The van der Waals surface area contributed by atoms with E-state index in [1.807, 2.05) is 13.8 Å². The van der Waals surface area contributed by atoms with Crippen molar-refractivity contribution < 1.29 is 9.59 Å². The molecule has 0 saturated heterocycles. The second-order valence-electron chi connectivity index (χ2n) is 6.06. The molecule has 0 radical (unpaired) electrons. The van der Waals surface area contributed by atoms with Crippen molar-refractivity contribution in [3.63, 3.8) is 0 Å². The van der Waals surface area contributed by atoms with Gasteiger partial charge in [-0.2, -0.15) is 0 Å². The molecule has 0 fully saturated rings. The van der Waals surface area contributed by atoms with Crippen LogP contribution in [0.1, 0.15) is 42.6 Å². The quantitative estimate of drug-likeness (QED) is 0.703. The molecule has 2 atom stereocenters. The number of carbonyl (C=O) groups excluding carboxylic acids is 2. The first-order valence-electron chi connectivity index (χ1n) is 8.08. The number of ketones is 1. The molecule has 1 aliphatic heterocycles. The van der Waals surface area contributed by atoms with Crippen molar-refractivity contribution >= 4 is 45.5 Å². The van der Waals surface area contributed by atoms with Gasteiger partial charge in [-0.05, 0) is 12.8 Å². The Balaban J connectivity index is 1.89. The van der Waals surface area contributed by atoms with E-state index in [1.54, 1.807) is 6.92 Å².